The summed E-state index contributed by atoms with van der Waals surface area (Å²) in [6, 6.07) is 9.73. The molecule has 2 aromatic heterocycles. The number of fused-ring (bicyclic) bond motifs is 1. The summed E-state index contributed by atoms with van der Waals surface area (Å²) in [7, 11) is 2.21. The predicted octanol–water partition coefficient (Wildman–Crippen LogP) is 5.56. The number of piperazine rings is 1. The number of benzene rings is 1. The van der Waals surface area contributed by atoms with Gasteiger partial charge in [-0.3, -0.25) is 4.90 Å². The number of hydrogen-bond donors (Lipinski definition) is 1. The number of rotatable bonds is 8. The highest BCUT2D eigenvalue weighted by Gasteiger charge is 2.21. The van der Waals surface area contributed by atoms with Crippen LogP contribution in [0, 0.1) is 0 Å². The first-order chi connectivity index (χ1) is 16.7. The Morgan fingerprint density at radius 2 is 1.76 bits per heavy atom. The Morgan fingerprint density at radius 3 is 2.50 bits per heavy atom. The van der Waals surface area contributed by atoms with Crippen molar-refractivity contribution in [3.05, 3.63) is 42.2 Å². The van der Waals surface area contributed by atoms with E-state index in [2.05, 4.69) is 69.1 Å². The van der Waals surface area contributed by atoms with Crippen LogP contribution in [0.2, 0.25) is 0 Å². The molecule has 0 radical (unpaired) electrons. The molecule has 5 rings (SSSR count). The van der Waals surface area contributed by atoms with Crippen LogP contribution in [0.1, 0.15) is 63.5 Å². The lowest BCUT2D eigenvalue weighted by atomic mass is 9.95. The van der Waals surface area contributed by atoms with Crippen molar-refractivity contribution in [3.8, 4) is 11.1 Å². The van der Waals surface area contributed by atoms with Crippen molar-refractivity contribution in [2.24, 2.45) is 0 Å². The SMILES string of the molecule is CCCCNc1ncc2c(-c3ccc(CN4CCN(C)CC4)cc3)cn(C3CCCCC3)c2n1. The predicted molar refractivity (Wildman–Crippen MR) is 141 cm³/mol. The molecule has 0 bridgehead atoms. The van der Waals surface area contributed by atoms with E-state index in [1.165, 1.54) is 60.6 Å². The normalized spacial score (nSPS) is 18.5. The van der Waals surface area contributed by atoms with Crippen molar-refractivity contribution in [1.29, 1.82) is 0 Å². The third-order valence-corrected chi connectivity index (χ3v) is 7.62. The molecule has 0 unspecified atom stereocenters. The van der Waals surface area contributed by atoms with Crippen LogP contribution in [-0.2, 0) is 6.54 Å². The van der Waals surface area contributed by atoms with Crippen molar-refractivity contribution in [2.75, 3.05) is 45.1 Å². The molecule has 0 spiro atoms. The maximum Gasteiger partial charge on any atom is 0.224 e. The molecule has 1 N–H and O–H groups in total. The third kappa shape index (κ3) is 5.28. The van der Waals surface area contributed by atoms with Crippen LogP contribution in [0.25, 0.3) is 22.2 Å². The van der Waals surface area contributed by atoms with Gasteiger partial charge < -0.3 is 14.8 Å². The van der Waals surface area contributed by atoms with Gasteiger partial charge in [-0.2, -0.15) is 4.98 Å². The van der Waals surface area contributed by atoms with Crippen LogP contribution in [0.4, 0.5) is 5.95 Å². The summed E-state index contributed by atoms with van der Waals surface area (Å²) in [5.74, 6) is 0.755. The monoisotopic (exact) mass is 460 g/mol. The second-order valence-corrected chi connectivity index (χ2v) is 10.2. The number of likely N-dealkylation sites (N-methyl/N-ethyl adjacent to an activating group) is 1. The van der Waals surface area contributed by atoms with E-state index in [4.69, 9.17) is 4.98 Å². The van der Waals surface area contributed by atoms with Crippen LogP contribution in [0.5, 0.6) is 0 Å². The van der Waals surface area contributed by atoms with Gasteiger partial charge in [-0.15, -0.1) is 0 Å². The average molecular weight is 461 g/mol. The maximum absolute atomic E-state index is 5.00. The quantitative estimate of drug-likeness (QED) is 0.446. The van der Waals surface area contributed by atoms with Crippen molar-refractivity contribution < 1.29 is 0 Å². The van der Waals surface area contributed by atoms with Gasteiger partial charge in [0.15, 0.2) is 0 Å². The number of hydrogen-bond acceptors (Lipinski definition) is 5. The first kappa shape index (κ1) is 23.3. The van der Waals surface area contributed by atoms with Gasteiger partial charge >= 0.3 is 0 Å². The molecule has 6 heteroatoms. The topological polar surface area (TPSA) is 49.2 Å². The van der Waals surface area contributed by atoms with Crippen LogP contribution < -0.4 is 5.32 Å². The summed E-state index contributed by atoms with van der Waals surface area (Å²) in [6.45, 7) is 8.80. The molecule has 1 saturated carbocycles. The lowest BCUT2D eigenvalue weighted by Crippen LogP contribution is -2.43. The Bertz CT molecular complexity index is 1060. The average Bonchev–Trinajstić information content (AvgIpc) is 3.25. The summed E-state index contributed by atoms with van der Waals surface area (Å²) in [5, 5.41) is 4.59. The van der Waals surface area contributed by atoms with E-state index in [1.807, 2.05) is 6.20 Å². The highest BCUT2D eigenvalue weighted by Crippen LogP contribution is 2.36. The van der Waals surface area contributed by atoms with Gasteiger partial charge in [0, 0.05) is 68.7 Å². The van der Waals surface area contributed by atoms with E-state index in [1.54, 1.807) is 0 Å². The van der Waals surface area contributed by atoms with Crippen molar-refractivity contribution in [2.45, 2.75) is 64.5 Å². The summed E-state index contributed by atoms with van der Waals surface area (Å²) < 4.78 is 2.45. The highest BCUT2D eigenvalue weighted by molar-refractivity contribution is 5.94. The first-order valence-electron chi connectivity index (χ1n) is 13.3. The fourth-order valence-electron chi connectivity index (χ4n) is 5.41. The minimum absolute atomic E-state index is 0.542. The molecule has 1 aromatic carbocycles. The molecule has 34 heavy (non-hydrogen) atoms. The van der Waals surface area contributed by atoms with Gasteiger partial charge in [0.05, 0.1) is 0 Å². The molecule has 182 valence electrons. The molecule has 1 aliphatic heterocycles. The molecule has 1 saturated heterocycles. The Morgan fingerprint density at radius 1 is 1.00 bits per heavy atom. The minimum atomic E-state index is 0.542. The fraction of sp³-hybridized carbons (Fsp3) is 0.571. The molecule has 0 amide bonds. The third-order valence-electron chi connectivity index (χ3n) is 7.62. The summed E-state index contributed by atoms with van der Waals surface area (Å²) in [5.41, 5.74) is 4.99. The highest BCUT2D eigenvalue weighted by atomic mass is 15.2. The van der Waals surface area contributed by atoms with Crippen molar-refractivity contribution >= 4 is 17.0 Å². The molecule has 3 heterocycles. The standard InChI is InChI=1S/C28H40N6/c1-3-4-14-29-28-30-19-25-26(21-34(27(25)31-28)24-8-6-5-7-9-24)23-12-10-22(11-13-23)20-33-17-15-32(2)16-18-33/h10-13,19,21,24H,3-9,14-18,20H2,1-2H3,(H,29,30,31). The van der Waals surface area contributed by atoms with E-state index in [0.29, 0.717) is 6.04 Å². The van der Waals surface area contributed by atoms with E-state index < -0.39 is 0 Å². The second-order valence-electron chi connectivity index (χ2n) is 10.2. The second kappa shape index (κ2) is 10.9. The van der Waals surface area contributed by atoms with E-state index in [0.717, 1.165) is 57.3 Å². The van der Waals surface area contributed by atoms with E-state index in [-0.39, 0.29) is 0 Å². The molecular weight excluding hydrogens is 420 g/mol. The summed E-state index contributed by atoms with van der Waals surface area (Å²) in [4.78, 5) is 14.6. The van der Waals surface area contributed by atoms with Crippen LogP contribution >= 0.6 is 0 Å². The molecule has 0 atom stereocenters. The van der Waals surface area contributed by atoms with Crippen molar-refractivity contribution in [3.63, 3.8) is 0 Å². The van der Waals surface area contributed by atoms with Crippen LogP contribution in [-0.4, -0.2) is 64.1 Å². The molecule has 1 aliphatic carbocycles. The Balaban J connectivity index is 1.41. The van der Waals surface area contributed by atoms with E-state index >= 15 is 0 Å². The lowest BCUT2D eigenvalue weighted by Gasteiger charge is -2.32. The molecular formula is C28H40N6. The zero-order valence-corrected chi connectivity index (χ0v) is 21.0. The van der Waals surface area contributed by atoms with Gasteiger partial charge in [-0.05, 0) is 37.4 Å². The van der Waals surface area contributed by atoms with Gasteiger partial charge in [-0.1, -0.05) is 56.9 Å². The van der Waals surface area contributed by atoms with Crippen LogP contribution in [0.3, 0.4) is 0 Å². The number of nitrogens with zero attached hydrogens (tertiary/aromatic N) is 5. The van der Waals surface area contributed by atoms with Crippen molar-refractivity contribution in [1.82, 2.24) is 24.3 Å². The number of anilines is 1. The van der Waals surface area contributed by atoms with Gasteiger partial charge in [0.1, 0.15) is 5.65 Å². The maximum atomic E-state index is 5.00. The number of aromatic nitrogens is 3. The minimum Gasteiger partial charge on any atom is -0.354 e. The number of unbranched alkanes of at least 4 members (excludes halogenated alkanes) is 1. The Kier molecular flexibility index (Phi) is 7.45. The van der Waals surface area contributed by atoms with E-state index in [9.17, 15) is 0 Å². The van der Waals surface area contributed by atoms with Gasteiger partial charge in [0.25, 0.3) is 0 Å². The lowest BCUT2D eigenvalue weighted by molar-refractivity contribution is 0.148. The molecule has 2 aliphatic rings. The van der Waals surface area contributed by atoms with Crippen LogP contribution in [0.15, 0.2) is 36.7 Å². The smallest absolute Gasteiger partial charge is 0.224 e. The first-order valence-corrected chi connectivity index (χ1v) is 13.3. The van der Waals surface area contributed by atoms with Gasteiger partial charge in [-0.25, -0.2) is 4.98 Å². The fourth-order valence-corrected chi connectivity index (χ4v) is 5.41. The Hall–Kier alpha value is -2.44. The molecule has 3 aromatic rings. The largest absolute Gasteiger partial charge is 0.354 e. The zero-order valence-electron chi connectivity index (χ0n) is 21.0. The Labute approximate surface area is 204 Å². The molecule has 2 fully saturated rings. The molecule has 6 nitrogen and oxygen atoms in total. The van der Waals surface area contributed by atoms with Gasteiger partial charge in [0.2, 0.25) is 5.95 Å². The number of nitrogens with one attached hydrogen (secondary N) is 1. The zero-order chi connectivity index (χ0) is 23.3. The summed E-state index contributed by atoms with van der Waals surface area (Å²) >= 11 is 0. The summed E-state index contributed by atoms with van der Waals surface area (Å²) in [6.07, 6.45) is 13.2.